The van der Waals surface area contributed by atoms with E-state index in [0.29, 0.717) is 29.3 Å². The number of hydrogen-bond donors (Lipinski definition) is 0. The molecule has 3 unspecified atom stereocenters. The Kier molecular flexibility index (Phi) is 6.63. The number of hydrogen-bond acceptors (Lipinski definition) is 2. The molecule has 0 radical (unpaired) electrons. The second-order valence-corrected chi connectivity index (χ2v) is 23.1. The van der Waals surface area contributed by atoms with Crippen molar-refractivity contribution in [1.29, 1.82) is 0 Å². The molecule has 3 heteroatoms. The molecule has 0 spiro atoms. The lowest BCUT2D eigenvalue weighted by atomic mass is 9.34. The van der Waals surface area contributed by atoms with Gasteiger partial charge in [0, 0.05) is 0 Å². The summed E-state index contributed by atoms with van der Waals surface area (Å²) < 4.78 is 7.21. The van der Waals surface area contributed by atoms with Gasteiger partial charge in [-0.2, -0.15) is 0 Å². The van der Waals surface area contributed by atoms with E-state index in [1.54, 1.807) is 5.57 Å². The van der Waals surface area contributed by atoms with Crippen molar-refractivity contribution in [2.24, 2.45) is 50.2 Å². The van der Waals surface area contributed by atoms with Crippen LogP contribution in [0.15, 0.2) is 23.8 Å². The van der Waals surface area contributed by atoms with Gasteiger partial charge < -0.3 is 9.22 Å². The van der Waals surface area contributed by atoms with E-state index in [-0.39, 0.29) is 32.1 Å². The third-order valence-corrected chi connectivity index (χ3v) is 19.1. The summed E-state index contributed by atoms with van der Waals surface area (Å²) in [4.78, 5) is 12.7. The number of carbonyl (C=O) groups excluding carboxylic acids is 1. The minimum absolute atomic E-state index is 0.157. The average Bonchev–Trinajstić information content (AvgIpc) is 2.80. The van der Waals surface area contributed by atoms with Crippen molar-refractivity contribution in [3.63, 3.8) is 0 Å². The topological polar surface area (TPSA) is 26.3 Å². The molecule has 3 fully saturated rings. The fraction of sp³-hybridized carbons (Fsp3) is 0.861. The van der Waals surface area contributed by atoms with Crippen molar-refractivity contribution in [3.8, 4) is 0 Å². The maximum atomic E-state index is 12.7. The minimum Gasteiger partial charge on any atom is -0.413 e. The molecular weight excluding hydrogens is 492 g/mol. The van der Waals surface area contributed by atoms with Crippen LogP contribution in [0.4, 0.5) is 0 Å². The van der Waals surface area contributed by atoms with Crippen LogP contribution in [0.1, 0.15) is 121 Å². The smallest absolute Gasteiger partial charge is 0.192 e. The number of carbonyl (C=O) groups is 1. The first kappa shape index (κ1) is 29.8. The van der Waals surface area contributed by atoms with Gasteiger partial charge in [-0.25, -0.2) is 0 Å². The molecular formula is C36H60O2Si. The molecule has 0 heterocycles. The predicted octanol–water partition coefficient (Wildman–Crippen LogP) is 10.2. The van der Waals surface area contributed by atoms with E-state index in [0.717, 1.165) is 19.3 Å². The van der Waals surface area contributed by atoms with Crippen molar-refractivity contribution in [2.45, 2.75) is 145 Å². The molecule has 0 aliphatic heterocycles. The highest BCUT2D eigenvalue weighted by molar-refractivity contribution is 6.74. The number of fused-ring (bicyclic) bond motifs is 7. The molecule has 5 aliphatic rings. The Hall–Kier alpha value is -0.673. The van der Waals surface area contributed by atoms with E-state index in [9.17, 15) is 4.79 Å². The summed E-state index contributed by atoms with van der Waals surface area (Å²) in [5, 5.41) is 0.245. The van der Waals surface area contributed by atoms with Gasteiger partial charge in [0.15, 0.2) is 8.32 Å². The normalized spacial score (nSPS) is 46.7. The highest BCUT2D eigenvalue weighted by Gasteiger charge is 2.68. The van der Waals surface area contributed by atoms with Crippen molar-refractivity contribution in [2.75, 3.05) is 0 Å². The fourth-order valence-electron chi connectivity index (χ4n) is 10.8. The highest BCUT2D eigenvalue weighted by Crippen LogP contribution is 2.75. The summed E-state index contributed by atoms with van der Waals surface area (Å²) in [5.74, 6) is 1.75. The van der Waals surface area contributed by atoms with Crippen molar-refractivity contribution >= 4 is 14.6 Å². The first-order valence-electron chi connectivity index (χ1n) is 16.2. The van der Waals surface area contributed by atoms with Crippen LogP contribution in [-0.2, 0) is 9.22 Å². The van der Waals surface area contributed by atoms with E-state index in [4.69, 9.17) is 4.43 Å². The van der Waals surface area contributed by atoms with Crippen molar-refractivity contribution in [3.05, 3.63) is 23.8 Å². The van der Waals surface area contributed by atoms with Crippen LogP contribution < -0.4 is 0 Å². The second kappa shape index (κ2) is 8.68. The van der Waals surface area contributed by atoms with E-state index < -0.39 is 8.32 Å². The average molecular weight is 553 g/mol. The number of allylic oxidation sites excluding steroid dienone is 4. The molecule has 0 aromatic carbocycles. The predicted molar refractivity (Wildman–Crippen MR) is 167 cm³/mol. The van der Waals surface area contributed by atoms with Gasteiger partial charge in [0.1, 0.15) is 6.29 Å². The zero-order valence-electron chi connectivity index (χ0n) is 27.6. The number of rotatable bonds is 3. The highest BCUT2D eigenvalue weighted by atomic mass is 28.4. The summed E-state index contributed by atoms with van der Waals surface area (Å²) in [5.41, 5.74) is 2.50. The lowest BCUT2D eigenvalue weighted by Gasteiger charge is -2.71. The molecule has 0 saturated heterocycles. The van der Waals surface area contributed by atoms with Crippen LogP contribution in [-0.4, -0.2) is 20.7 Å². The third-order valence-electron chi connectivity index (χ3n) is 14.6. The molecule has 0 bridgehead atoms. The molecule has 0 amide bonds. The Labute approximate surface area is 242 Å². The Morgan fingerprint density at radius 2 is 1.56 bits per heavy atom. The monoisotopic (exact) mass is 552 g/mol. The Morgan fingerprint density at radius 3 is 2.18 bits per heavy atom. The number of aldehydes is 1. The summed E-state index contributed by atoms with van der Waals surface area (Å²) in [6, 6.07) is 0. The molecule has 220 valence electrons. The lowest BCUT2D eigenvalue weighted by Crippen LogP contribution is -2.65. The SMILES string of the molecule is CC1(C)C=C[C@]2(C=O)CC[C@]3(C)C(=CCC4[C@@]5(C)CC[C@H](O[Si](C)(C)C(C)(C)C)C(C)(C)C5CC[C@]43C)C2C1. The maximum absolute atomic E-state index is 12.7. The maximum Gasteiger partial charge on any atom is 0.192 e. The Bertz CT molecular complexity index is 1070. The van der Waals surface area contributed by atoms with Crippen LogP contribution in [0.3, 0.4) is 0 Å². The summed E-state index contributed by atoms with van der Waals surface area (Å²) in [6.07, 6.45) is 18.6. The third kappa shape index (κ3) is 4.04. The molecule has 2 nitrogen and oxygen atoms in total. The van der Waals surface area contributed by atoms with Gasteiger partial charge in [-0.05, 0) is 114 Å². The Morgan fingerprint density at radius 1 is 0.897 bits per heavy atom. The minimum atomic E-state index is -1.83. The summed E-state index contributed by atoms with van der Waals surface area (Å²) in [7, 11) is -1.83. The first-order valence-corrected chi connectivity index (χ1v) is 19.2. The van der Waals surface area contributed by atoms with Gasteiger partial charge >= 0.3 is 0 Å². The Balaban J connectivity index is 1.50. The van der Waals surface area contributed by atoms with Crippen LogP contribution in [0.25, 0.3) is 0 Å². The van der Waals surface area contributed by atoms with E-state index >= 15 is 0 Å². The van der Waals surface area contributed by atoms with Gasteiger partial charge in [0.25, 0.3) is 0 Å². The fourth-order valence-corrected chi connectivity index (χ4v) is 12.3. The quantitative estimate of drug-likeness (QED) is 0.198. The summed E-state index contributed by atoms with van der Waals surface area (Å²) in [6.45, 7) is 29.8. The van der Waals surface area contributed by atoms with Crippen molar-refractivity contribution < 1.29 is 9.22 Å². The van der Waals surface area contributed by atoms with E-state index in [1.807, 2.05) is 0 Å². The molecule has 0 aromatic heterocycles. The molecule has 3 saturated carbocycles. The lowest BCUT2D eigenvalue weighted by molar-refractivity contribution is -0.198. The molecule has 0 aromatic rings. The van der Waals surface area contributed by atoms with Crippen molar-refractivity contribution in [1.82, 2.24) is 0 Å². The van der Waals surface area contributed by atoms with Gasteiger partial charge in [0.05, 0.1) is 11.5 Å². The standard InChI is InChI=1S/C36H60O2Si/c1-30(2,3)39(11,12)38-29-16-17-33(8)27(32(29,6)7)15-18-35(10)28(33)14-13-25-26-23-31(4,5)19-21-36(26,24-37)22-20-34(25,35)9/h13,19,21,24,26-29H,14-18,20,22-23H2,1-12H3/t26?,27?,28?,29-,33-,34+,35+,36+/m0/s1. The van der Waals surface area contributed by atoms with Crippen LogP contribution in [0.5, 0.6) is 0 Å². The van der Waals surface area contributed by atoms with Crippen LogP contribution in [0.2, 0.25) is 18.1 Å². The zero-order valence-corrected chi connectivity index (χ0v) is 28.6. The first-order chi connectivity index (χ1) is 17.7. The summed E-state index contributed by atoms with van der Waals surface area (Å²) >= 11 is 0. The molecule has 8 atom stereocenters. The van der Waals surface area contributed by atoms with Crippen LogP contribution >= 0.6 is 0 Å². The molecule has 39 heavy (non-hydrogen) atoms. The van der Waals surface area contributed by atoms with Gasteiger partial charge in [0.2, 0.25) is 0 Å². The van der Waals surface area contributed by atoms with E-state index in [1.165, 1.54) is 38.4 Å². The second-order valence-electron chi connectivity index (χ2n) is 18.3. The van der Waals surface area contributed by atoms with Gasteiger partial charge in [-0.1, -0.05) is 93.0 Å². The largest absolute Gasteiger partial charge is 0.413 e. The molecule has 5 aliphatic carbocycles. The van der Waals surface area contributed by atoms with Gasteiger partial charge in [-0.15, -0.1) is 0 Å². The van der Waals surface area contributed by atoms with Gasteiger partial charge in [-0.3, -0.25) is 0 Å². The molecule has 0 N–H and O–H groups in total. The van der Waals surface area contributed by atoms with E-state index in [2.05, 4.69) is 101 Å². The van der Waals surface area contributed by atoms with Crippen LogP contribution in [0, 0.1) is 50.2 Å². The zero-order chi connectivity index (χ0) is 29.1. The molecule has 5 rings (SSSR count).